The van der Waals surface area contributed by atoms with Crippen LogP contribution in [0.4, 0.5) is 4.39 Å². The molecule has 0 unspecified atom stereocenters. The normalized spacial score (nSPS) is 4.40. The fourth-order valence-corrected chi connectivity index (χ4v) is 0. The predicted molar refractivity (Wildman–Crippen MR) is 23.1 cm³/mol. The van der Waals surface area contributed by atoms with Crippen LogP contribution in [0.2, 0.25) is 0 Å². The van der Waals surface area contributed by atoms with Gasteiger partial charge in [0.1, 0.15) is 0 Å². The molecular formula is C3H6ClF. The van der Waals surface area contributed by atoms with Crippen molar-refractivity contribution in [2.45, 2.75) is 0 Å². The maximum absolute atomic E-state index is 10.1. The van der Waals surface area contributed by atoms with Gasteiger partial charge in [-0.3, -0.25) is 0 Å². The first-order valence-corrected chi connectivity index (χ1v) is 1.57. The topological polar surface area (TPSA) is 0 Å². The van der Waals surface area contributed by atoms with Gasteiger partial charge in [0, 0.05) is 0 Å². The molecule has 0 radical (unpaired) electrons. The summed E-state index contributed by atoms with van der Waals surface area (Å²) < 4.78 is 10.1. The molecule has 0 nitrogen and oxygen atoms in total. The van der Waals surface area contributed by atoms with E-state index in [-0.39, 0.29) is 0 Å². The van der Waals surface area contributed by atoms with Gasteiger partial charge in [-0.15, -0.1) is 13.2 Å². The molecule has 0 aromatic rings. The van der Waals surface area contributed by atoms with Gasteiger partial charge >= 0.3 is 0 Å². The predicted octanol–water partition coefficient (Wildman–Crippen LogP) is 1.95. The second kappa shape index (κ2) is 37.6. The minimum atomic E-state index is -0.778. The van der Waals surface area contributed by atoms with Crippen LogP contribution < -0.4 is 0 Å². The van der Waals surface area contributed by atoms with Crippen molar-refractivity contribution < 1.29 is 4.39 Å². The zero-order chi connectivity index (χ0) is 4.71. The molecule has 0 N–H and O–H groups in total. The van der Waals surface area contributed by atoms with Crippen LogP contribution in [0.15, 0.2) is 13.2 Å². The summed E-state index contributed by atoms with van der Waals surface area (Å²) in [6.07, 6.45) is -0.778. The standard InChI is InChI=1S/C2H4.CH2ClF/c1-2;2-1-3/h1-2H2;1H2. The molecule has 0 rings (SSSR count). The highest BCUT2D eigenvalue weighted by Gasteiger charge is 1.43. The van der Waals surface area contributed by atoms with Gasteiger partial charge in [-0.25, -0.2) is 4.39 Å². The van der Waals surface area contributed by atoms with E-state index in [1.54, 1.807) is 0 Å². The van der Waals surface area contributed by atoms with E-state index in [0.29, 0.717) is 0 Å². The molecule has 0 amide bonds. The molecule has 0 spiro atoms. The van der Waals surface area contributed by atoms with Crippen LogP contribution in [0.5, 0.6) is 0 Å². The molecular weight excluding hydrogens is 90.5 g/mol. The maximum atomic E-state index is 10.1. The van der Waals surface area contributed by atoms with Crippen LogP contribution in [0.25, 0.3) is 0 Å². The quantitative estimate of drug-likeness (QED) is 0.319. The molecule has 0 aromatic carbocycles. The number of halogens is 2. The van der Waals surface area contributed by atoms with E-state index in [9.17, 15) is 4.39 Å². The Morgan fingerprint density at radius 2 is 1.60 bits per heavy atom. The fraction of sp³-hybridized carbons (Fsp3) is 0.333. The summed E-state index contributed by atoms with van der Waals surface area (Å²) in [5, 5.41) is 0. The molecule has 0 aromatic heterocycles. The Morgan fingerprint density at radius 1 is 1.60 bits per heavy atom. The summed E-state index contributed by atoms with van der Waals surface area (Å²) in [5.74, 6) is 0. The first-order chi connectivity index (χ1) is 2.41. The van der Waals surface area contributed by atoms with Crippen LogP contribution in [0.1, 0.15) is 0 Å². The molecule has 32 valence electrons. The second-order valence-electron chi connectivity index (χ2n) is 0.101. The first kappa shape index (κ1) is 8.88. The van der Waals surface area contributed by atoms with E-state index in [1.165, 1.54) is 0 Å². The lowest BCUT2D eigenvalue weighted by Crippen LogP contribution is -1.29. The molecule has 0 aliphatic heterocycles. The van der Waals surface area contributed by atoms with E-state index in [2.05, 4.69) is 24.8 Å². The molecule has 0 fully saturated rings. The second-order valence-corrected chi connectivity index (χ2v) is 0.303. The van der Waals surface area contributed by atoms with E-state index >= 15 is 0 Å². The van der Waals surface area contributed by atoms with Gasteiger partial charge < -0.3 is 0 Å². The van der Waals surface area contributed by atoms with Gasteiger partial charge in [0.2, 0.25) is 0 Å². The van der Waals surface area contributed by atoms with Crippen molar-refractivity contribution in [2.75, 3.05) is 6.13 Å². The van der Waals surface area contributed by atoms with Crippen molar-refractivity contribution in [3.63, 3.8) is 0 Å². The lowest BCUT2D eigenvalue weighted by atomic mass is 11.3. The molecule has 0 atom stereocenters. The van der Waals surface area contributed by atoms with Crippen LogP contribution in [0, 0.1) is 0 Å². The molecule has 0 bridgehead atoms. The highest BCUT2D eigenvalue weighted by Crippen LogP contribution is 1.65. The van der Waals surface area contributed by atoms with Crippen molar-refractivity contribution in [1.82, 2.24) is 0 Å². The van der Waals surface area contributed by atoms with Crippen molar-refractivity contribution in [2.24, 2.45) is 0 Å². The molecule has 0 aliphatic rings. The monoisotopic (exact) mass is 96.0 g/mol. The number of rotatable bonds is 0. The van der Waals surface area contributed by atoms with E-state index in [4.69, 9.17) is 0 Å². The minimum Gasteiger partial charge on any atom is -0.234 e. The van der Waals surface area contributed by atoms with Crippen molar-refractivity contribution >= 4 is 11.6 Å². The average molecular weight is 96.5 g/mol. The average Bonchev–Trinajstić information content (AvgIpc) is 1.46. The van der Waals surface area contributed by atoms with E-state index < -0.39 is 6.13 Å². The first-order valence-electron chi connectivity index (χ1n) is 1.03. The Kier molecular flexibility index (Phi) is 66.8. The Labute approximate surface area is 36.3 Å². The summed E-state index contributed by atoms with van der Waals surface area (Å²) >= 11 is 4.33. The van der Waals surface area contributed by atoms with Gasteiger partial charge in [0.25, 0.3) is 0 Å². The molecule has 0 saturated heterocycles. The highest BCUT2D eigenvalue weighted by atomic mass is 35.5. The van der Waals surface area contributed by atoms with Gasteiger partial charge in [-0.2, -0.15) is 0 Å². The third-order valence-electron chi connectivity index (χ3n) is 0. The SMILES string of the molecule is C=C.FCCl. The lowest BCUT2D eigenvalue weighted by molar-refractivity contribution is 0.599. The highest BCUT2D eigenvalue weighted by molar-refractivity contribution is 6.16. The van der Waals surface area contributed by atoms with Crippen molar-refractivity contribution in [3.05, 3.63) is 13.2 Å². The van der Waals surface area contributed by atoms with Gasteiger partial charge in [0.05, 0.1) is 0 Å². The zero-order valence-electron chi connectivity index (χ0n) is 2.88. The molecule has 0 heterocycles. The van der Waals surface area contributed by atoms with Crippen LogP contribution >= 0.6 is 11.6 Å². The smallest absolute Gasteiger partial charge is 0.163 e. The number of hydrogen-bond donors (Lipinski definition) is 0. The van der Waals surface area contributed by atoms with E-state index in [0.717, 1.165) is 0 Å². The maximum Gasteiger partial charge on any atom is 0.163 e. The van der Waals surface area contributed by atoms with Gasteiger partial charge in [-0.05, 0) is 0 Å². The van der Waals surface area contributed by atoms with Gasteiger partial charge in [-0.1, -0.05) is 11.6 Å². The summed E-state index contributed by atoms with van der Waals surface area (Å²) in [6.45, 7) is 6.00. The third kappa shape index (κ3) is 9510. The molecule has 0 saturated carbocycles. The Bertz CT molecular complexity index is 10.9. The minimum absolute atomic E-state index is 0.778. The molecule has 5 heavy (non-hydrogen) atoms. The summed E-state index contributed by atoms with van der Waals surface area (Å²) in [6, 6.07) is 0. The summed E-state index contributed by atoms with van der Waals surface area (Å²) in [5.41, 5.74) is 0. The molecule has 2 heteroatoms. The third-order valence-corrected chi connectivity index (χ3v) is 0. The zero-order valence-corrected chi connectivity index (χ0v) is 3.63. The largest absolute Gasteiger partial charge is 0.234 e. The summed E-state index contributed by atoms with van der Waals surface area (Å²) in [7, 11) is 0. The Balaban J connectivity index is 0. The Morgan fingerprint density at radius 3 is 1.60 bits per heavy atom. The summed E-state index contributed by atoms with van der Waals surface area (Å²) in [4.78, 5) is 0. The lowest BCUT2D eigenvalue weighted by Gasteiger charge is -1.42. The van der Waals surface area contributed by atoms with Crippen molar-refractivity contribution in [1.29, 1.82) is 0 Å². The van der Waals surface area contributed by atoms with E-state index in [1.807, 2.05) is 0 Å². The van der Waals surface area contributed by atoms with Crippen LogP contribution in [-0.4, -0.2) is 6.13 Å². The Hall–Kier alpha value is -0.0400. The van der Waals surface area contributed by atoms with Gasteiger partial charge in [0.15, 0.2) is 6.13 Å². The number of alkyl halides is 2. The molecule has 0 aliphatic carbocycles. The fourth-order valence-electron chi connectivity index (χ4n) is 0. The number of hydrogen-bond acceptors (Lipinski definition) is 0. The van der Waals surface area contributed by atoms with Crippen LogP contribution in [-0.2, 0) is 0 Å². The van der Waals surface area contributed by atoms with Crippen LogP contribution in [0.3, 0.4) is 0 Å². The van der Waals surface area contributed by atoms with Crippen molar-refractivity contribution in [3.8, 4) is 0 Å².